The summed E-state index contributed by atoms with van der Waals surface area (Å²) in [6, 6.07) is 12.9. The van der Waals surface area contributed by atoms with Gasteiger partial charge in [0.05, 0.1) is 22.4 Å². The van der Waals surface area contributed by atoms with Crippen molar-refractivity contribution in [2.45, 2.75) is 13.5 Å². The molecule has 2 heterocycles. The predicted molar refractivity (Wildman–Crippen MR) is 113 cm³/mol. The minimum Gasteiger partial charge on any atom is -0.336 e. The molecule has 0 saturated carbocycles. The predicted octanol–water partition coefficient (Wildman–Crippen LogP) is 3.19. The fourth-order valence-corrected chi connectivity index (χ4v) is 3.79. The molecule has 1 aliphatic rings. The van der Waals surface area contributed by atoms with Crippen LogP contribution in [0, 0.1) is 22.9 Å². The smallest absolute Gasteiger partial charge is 0.269 e. The van der Waals surface area contributed by atoms with Crippen molar-refractivity contribution in [1.82, 2.24) is 19.6 Å². The van der Waals surface area contributed by atoms with Crippen LogP contribution in [0.2, 0.25) is 0 Å². The number of non-ortho nitro benzene ring substituents is 1. The van der Waals surface area contributed by atoms with Gasteiger partial charge in [-0.15, -0.1) is 0 Å². The Hall–Kier alpha value is -3.59. The van der Waals surface area contributed by atoms with E-state index in [1.165, 1.54) is 23.0 Å². The van der Waals surface area contributed by atoms with E-state index in [1.807, 2.05) is 6.07 Å². The van der Waals surface area contributed by atoms with E-state index in [0.717, 1.165) is 5.56 Å². The number of piperazine rings is 1. The van der Waals surface area contributed by atoms with Crippen molar-refractivity contribution in [2.24, 2.45) is 0 Å². The summed E-state index contributed by atoms with van der Waals surface area (Å²) in [4.78, 5) is 27.5. The molecule has 0 aliphatic carbocycles. The third-order valence-electron chi connectivity index (χ3n) is 5.51. The number of nitro groups is 1. The second-order valence-corrected chi connectivity index (χ2v) is 7.50. The number of hydrogen-bond donors (Lipinski definition) is 0. The van der Waals surface area contributed by atoms with Crippen LogP contribution in [0.3, 0.4) is 0 Å². The number of amides is 1. The molecule has 8 nitrogen and oxygen atoms in total. The Bertz CT molecular complexity index is 1120. The summed E-state index contributed by atoms with van der Waals surface area (Å²) in [5, 5.41) is 15.2. The fraction of sp³-hybridized carbons (Fsp3) is 0.273. The van der Waals surface area contributed by atoms with Crippen LogP contribution in [0.15, 0.2) is 54.7 Å². The van der Waals surface area contributed by atoms with Crippen molar-refractivity contribution in [1.29, 1.82) is 0 Å². The highest BCUT2D eigenvalue weighted by Gasteiger charge is 2.25. The van der Waals surface area contributed by atoms with Crippen LogP contribution >= 0.6 is 0 Å². The van der Waals surface area contributed by atoms with E-state index < -0.39 is 10.7 Å². The largest absolute Gasteiger partial charge is 0.336 e. The van der Waals surface area contributed by atoms with E-state index in [1.54, 1.807) is 42.2 Å². The first kappa shape index (κ1) is 20.7. The third kappa shape index (κ3) is 4.31. The van der Waals surface area contributed by atoms with Crippen LogP contribution < -0.4 is 0 Å². The van der Waals surface area contributed by atoms with E-state index in [4.69, 9.17) is 0 Å². The summed E-state index contributed by atoms with van der Waals surface area (Å²) in [5.74, 6) is -0.530. The molecule has 0 atom stereocenters. The molecule has 160 valence electrons. The van der Waals surface area contributed by atoms with Gasteiger partial charge in [0.2, 0.25) is 0 Å². The summed E-state index contributed by atoms with van der Waals surface area (Å²) in [5.41, 5.74) is 2.30. The normalized spacial score (nSPS) is 14.6. The minimum atomic E-state index is -0.400. The van der Waals surface area contributed by atoms with E-state index in [2.05, 4.69) is 10.00 Å². The van der Waals surface area contributed by atoms with Crippen molar-refractivity contribution >= 4 is 11.6 Å². The molecule has 0 unspecified atom stereocenters. The van der Waals surface area contributed by atoms with Gasteiger partial charge >= 0.3 is 0 Å². The van der Waals surface area contributed by atoms with Gasteiger partial charge in [-0.25, -0.2) is 9.07 Å². The summed E-state index contributed by atoms with van der Waals surface area (Å²) >= 11 is 0. The Morgan fingerprint density at radius 3 is 2.58 bits per heavy atom. The van der Waals surface area contributed by atoms with Gasteiger partial charge < -0.3 is 4.90 Å². The van der Waals surface area contributed by atoms with Gasteiger partial charge in [-0.05, 0) is 24.6 Å². The SMILES string of the molecule is Cc1c(C(=O)N2CCN(Cc3cccc([N+](=O)[O-])c3)CC2)cnn1-c1ccccc1F. The quantitative estimate of drug-likeness (QED) is 0.465. The van der Waals surface area contributed by atoms with Crippen molar-refractivity contribution < 1.29 is 14.1 Å². The molecule has 2 aromatic carbocycles. The summed E-state index contributed by atoms with van der Waals surface area (Å²) in [6.45, 7) is 4.75. The number of nitrogens with zero attached hydrogens (tertiary/aromatic N) is 5. The molecule has 0 N–H and O–H groups in total. The molecule has 4 rings (SSSR count). The Morgan fingerprint density at radius 1 is 1.13 bits per heavy atom. The maximum Gasteiger partial charge on any atom is 0.269 e. The van der Waals surface area contributed by atoms with Crippen LogP contribution in [0.1, 0.15) is 21.6 Å². The lowest BCUT2D eigenvalue weighted by atomic mass is 10.1. The third-order valence-corrected chi connectivity index (χ3v) is 5.51. The zero-order chi connectivity index (χ0) is 22.0. The number of rotatable bonds is 5. The second kappa shape index (κ2) is 8.65. The lowest BCUT2D eigenvalue weighted by molar-refractivity contribution is -0.384. The first-order valence-corrected chi connectivity index (χ1v) is 9.98. The standard InChI is InChI=1S/C22H22FN5O3/c1-16-19(14-24-27(16)21-8-3-2-7-20(21)23)22(29)26-11-9-25(10-12-26)15-17-5-4-6-18(13-17)28(30)31/h2-8,13-14H,9-12,15H2,1H3. The Balaban J connectivity index is 1.40. The molecular formula is C22H22FN5O3. The molecule has 3 aromatic rings. The van der Waals surface area contributed by atoms with Crippen molar-refractivity contribution in [3.8, 4) is 5.69 Å². The summed E-state index contributed by atoms with van der Waals surface area (Å²) in [7, 11) is 0. The van der Waals surface area contributed by atoms with Gasteiger partial charge in [0, 0.05) is 44.9 Å². The van der Waals surface area contributed by atoms with Gasteiger partial charge in [-0.1, -0.05) is 24.3 Å². The number of para-hydroxylation sites is 1. The number of benzene rings is 2. The highest BCUT2D eigenvalue weighted by Crippen LogP contribution is 2.20. The molecule has 0 spiro atoms. The average Bonchev–Trinajstić information content (AvgIpc) is 3.15. The number of halogens is 1. The molecule has 0 radical (unpaired) electrons. The van der Waals surface area contributed by atoms with Gasteiger partial charge in [0.15, 0.2) is 0 Å². The number of carbonyl (C=O) groups is 1. The first-order chi connectivity index (χ1) is 14.9. The van der Waals surface area contributed by atoms with E-state index in [9.17, 15) is 19.3 Å². The molecule has 1 saturated heterocycles. The van der Waals surface area contributed by atoms with Gasteiger partial charge in [0.1, 0.15) is 11.5 Å². The molecule has 1 aliphatic heterocycles. The van der Waals surface area contributed by atoms with Gasteiger partial charge in [-0.3, -0.25) is 19.8 Å². The molecule has 1 amide bonds. The molecule has 1 fully saturated rings. The maximum atomic E-state index is 14.1. The number of nitro benzene ring substituents is 1. The van der Waals surface area contributed by atoms with Crippen LogP contribution in [0.5, 0.6) is 0 Å². The van der Waals surface area contributed by atoms with E-state index >= 15 is 0 Å². The van der Waals surface area contributed by atoms with Crippen molar-refractivity contribution in [3.05, 3.63) is 87.5 Å². The Kier molecular flexibility index (Phi) is 5.77. The molecule has 9 heteroatoms. The van der Waals surface area contributed by atoms with Gasteiger partial charge in [0.25, 0.3) is 11.6 Å². The molecule has 1 aromatic heterocycles. The fourth-order valence-electron chi connectivity index (χ4n) is 3.79. The highest BCUT2D eigenvalue weighted by molar-refractivity contribution is 5.95. The monoisotopic (exact) mass is 423 g/mol. The summed E-state index contributed by atoms with van der Waals surface area (Å²) in [6.07, 6.45) is 1.49. The number of carbonyl (C=O) groups excluding carboxylic acids is 1. The molecule has 31 heavy (non-hydrogen) atoms. The van der Waals surface area contributed by atoms with Gasteiger partial charge in [-0.2, -0.15) is 5.10 Å². The average molecular weight is 423 g/mol. The first-order valence-electron chi connectivity index (χ1n) is 9.98. The van der Waals surface area contributed by atoms with Crippen molar-refractivity contribution in [3.63, 3.8) is 0 Å². The topological polar surface area (TPSA) is 84.5 Å². The van der Waals surface area contributed by atoms with E-state index in [-0.39, 0.29) is 11.6 Å². The van der Waals surface area contributed by atoms with Crippen LogP contribution in [0.25, 0.3) is 5.69 Å². The molecular weight excluding hydrogens is 401 g/mol. The Labute approximate surface area is 178 Å². The minimum absolute atomic E-state index is 0.0775. The van der Waals surface area contributed by atoms with Crippen molar-refractivity contribution in [2.75, 3.05) is 26.2 Å². The lowest BCUT2D eigenvalue weighted by Crippen LogP contribution is -2.48. The number of aromatic nitrogens is 2. The van der Waals surface area contributed by atoms with Crippen LogP contribution in [-0.4, -0.2) is 56.6 Å². The zero-order valence-electron chi connectivity index (χ0n) is 17.1. The van der Waals surface area contributed by atoms with Crippen LogP contribution in [0.4, 0.5) is 10.1 Å². The summed E-state index contributed by atoms with van der Waals surface area (Å²) < 4.78 is 15.6. The van der Waals surface area contributed by atoms with Crippen LogP contribution in [-0.2, 0) is 6.54 Å². The number of hydrogen-bond acceptors (Lipinski definition) is 5. The Morgan fingerprint density at radius 2 is 1.87 bits per heavy atom. The zero-order valence-corrected chi connectivity index (χ0v) is 17.1. The maximum absolute atomic E-state index is 14.1. The van der Waals surface area contributed by atoms with E-state index in [0.29, 0.717) is 49.7 Å². The molecule has 0 bridgehead atoms. The lowest BCUT2D eigenvalue weighted by Gasteiger charge is -2.34. The second-order valence-electron chi connectivity index (χ2n) is 7.50. The highest BCUT2D eigenvalue weighted by atomic mass is 19.1.